The lowest BCUT2D eigenvalue weighted by atomic mass is 10.0. The summed E-state index contributed by atoms with van der Waals surface area (Å²) < 4.78 is 5.13. The number of likely N-dealkylation sites (N-methyl/N-ethyl adjacent to an activating group) is 1. The zero-order chi connectivity index (χ0) is 11.3. The van der Waals surface area contributed by atoms with E-state index in [1.165, 1.54) is 11.1 Å². The highest BCUT2D eigenvalue weighted by molar-refractivity contribution is 5.31. The summed E-state index contributed by atoms with van der Waals surface area (Å²) >= 11 is 0. The fourth-order valence-corrected chi connectivity index (χ4v) is 1.49. The summed E-state index contributed by atoms with van der Waals surface area (Å²) in [5.41, 5.74) is 2.56. The van der Waals surface area contributed by atoms with Gasteiger partial charge in [-0.2, -0.15) is 0 Å². The molecule has 0 aliphatic carbocycles. The van der Waals surface area contributed by atoms with Crippen LogP contribution in [-0.4, -0.2) is 14.2 Å². The van der Waals surface area contributed by atoms with E-state index in [-0.39, 0.29) is 6.04 Å². The number of ether oxygens (including phenoxy) is 1. The Hall–Kier alpha value is -1.28. The second kappa shape index (κ2) is 5.56. The van der Waals surface area contributed by atoms with Crippen molar-refractivity contribution in [2.24, 2.45) is 0 Å². The van der Waals surface area contributed by atoms with Gasteiger partial charge >= 0.3 is 0 Å². The van der Waals surface area contributed by atoms with Gasteiger partial charge in [-0.1, -0.05) is 23.8 Å². The number of benzene rings is 1. The first-order chi connectivity index (χ1) is 7.17. The van der Waals surface area contributed by atoms with Gasteiger partial charge in [0.15, 0.2) is 0 Å². The summed E-state index contributed by atoms with van der Waals surface area (Å²) in [6.07, 6.45) is 2.21. The number of hydrogen-bond donors (Lipinski definition) is 1. The molecule has 2 nitrogen and oxygen atoms in total. The van der Waals surface area contributed by atoms with E-state index in [2.05, 4.69) is 37.4 Å². The van der Waals surface area contributed by atoms with Gasteiger partial charge in [-0.05, 0) is 38.6 Å². The first-order valence-electron chi connectivity index (χ1n) is 5.13. The van der Waals surface area contributed by atoms with Crippen LogP contribution in [0, 0.1) is 0 Å². The van der Waals surface area contributed by atoms with Crippen molar-refractivity contribution in [2.45, 2.75) is 19.9 Å². The highest BCUT2D eigenvalue weighted by Crippen LogP contribution is 2.19. The van der Waals surface area contributed by atoms with Crippen molar-refractivity contribution in [2.75, 3.05) is 14.2 Å². The van der Waals surface area contributed by atoms with Crippen LogP contribution in [0.15, 0.2) is 35.9 Å². The molecule has 0 aliphatic rings. The van der Waals surface area contributed by atoms with Crippen LogP contribution in [0.5, 0.6) is 5.75 Å². The van der Waals surface area contributed by atoms with Gasteiger partial charge < -0.3 is 10.1 Å². The van der Waals surface area contributed by atoms with Gasteiger partial charge in [-0.25, -0.2) is 0 Å². The first-order valence-corrected chi connectivity index (χ1v) is 5.13. The third kappa shape index (κ3) is 3.40. The van der Waals surface area contributed by atoms with Crippen LogP contribution in [0.1, 0.15) is 25.5 Å². The Kier molecular flexibility index (Phi) is 4.37. The van der Waals surface area contributed by atoms with Crippen molar-refractivity contribution in [3.05, 3.63) is 41.5 Å². The summed E-state index contributed by atoms with van der Waals surface area (Å²) in [5, 5.41) is 3.27. The second-order valence-electron chi connectivity index (χ2n) is 3.78. The predicted octanol–water partition coefficient (Wildman–Crippen LogP) is 2.92. The van der Waals surface area contributed by atoms with E-state index < -0.39 is 0 Å². The van der Waals surface area contributed by atoms with Gasteiger partial charge in [-0.15, -0.1) is 0 Å². The molecule has 1 unspecified atom stereocenters. The Morgan fingerprint density at radius 3 is 2.27 bits per heavy atom. The standard InChI is InChI=1S/C13H19NO/c1-10(2)9-13(14-3)11-5-7-12(15-4)8-6-11/h5-9,13-14H,1-4H3. The molecule has 0 spiro atoms. The molecular formula is C13H19NO. The third-order valence-electron chi connectivity index (χ3n) is 2.29. The van der Waals surface area contributed by atoms with Crippen molar-refractivity contribution in [3.8, 4) is 5.75 Å². The van der Waals surface area contributed by atoms with E-state index >= 15 is 0 Å². The van der Waals surface area contributed by atoms with E-state index in [1.54, 1.807) is 7.11 Å². The number of methoxy groups -OCH3 is 1. The summed E-state index contributed by atoms with van der Waals surface area (Å²) in [7, 11) is 3.65. The minimum absolute atomic E-state index is 0.279. The van der Waals surface area contributed by atoms with Crippen LogP contribution >= 0.6 is 0 Å². The predicted molar refractivity (Wildman–Crippen MR) is 64.2 cm³/mol. The van der Waals surface area contributed by atoms with Crippen molar-refractivity contribution < 1.29 is 4.74 Å². The number of rotatable bonds is 4. The van der Waals surface area contributed by atoms with E-state index in [1.807, 2.05) is 19.2 Å². The fraction of sp³-hybridized carbons (Fsp3) is 0.385. The average molecular weight is 205 g/mol. The summed E-state index contributed by atoms with van der Waals surface area (Å²) in [5.74, 6) is 0.894. The Bertz CT molecular complexity index is 323. The molecule has 0 amide bonds. The summed E-state index contributed by atoms with van der Waals surface area (Å²) in [4.78, 5) is 0. The summed E-state index contributed by atoms with van der Waals surface area (Å²) in [6.45, 7) is 4.21. The maximum Gasteiger partial charge on any atom is 0.118 e. The first kappa shape index (κ1) is 11.8. The Morgan fingerprint density at radius 2 is 1.87 bits per heavy atom. The maximum absolute atomic E-state index is 5.13. The molecule has 15 heavy (non-hydrogen) atoms. The Morgan fingerprint density at radius 1 is 1.27 bits per heavy atom. The minimum atomic E-state index is 0.279. The SMILES string of the molecule is CNC(C=C(C)C)c1ccc(OC)cc1. The van der Waals surface area contributed by atoms with Gasteiger partial charge in [0.05, 0.1) is 13.2 Å². The Labute approximate surface area is 92.0 Å². The molecule has 0 saturated carbocycles. The molecule has 0 radical (unpaired) electrons. The molecule has 0 bridgehead atoms. The number of nitrogens with one attached hydrogen (secondary N) is 1. The molecular weight excluding hydrogens is 186 g/mol. The van der Waals surface area contributed by atoms with Gasteiger partial charge in [0.1, 0.15) is 5.75 Å². The van der Waals surface area contributed by atoms with Gasteiger partial charge in [-0.3, -0.25) is 0 Å². The Balaban J connectivity index is 2.88. The molecule has 2 heteroatoms. The topological polar surface area (TPSA) is 21.3 Å². The normalized spacial score (nSPS) is 12.0. The zero-order valence-electron chi connectivity index (χ0n) is 9.87. The monoisotopic (exact) mass is 205 g/mol. The molecule has 0 aromatic heterocycles. The lowest BCUT2D eigenvalue weighted by molar-refractivity contribution is 0.414. The number of allylic oxidation sites excluding steroid dienone is 1. The molecule has 1 aromatic carbocycles. The lowest BCUT2D eigenvalue weighted by Crippen LogP contribution is -2.14. The van der Waals surface area contributed by atoms with Crippen molar-refractivity contribution >= 4 is 0 Å². The largest absolute Gasteiger partial charge is 0.497 e. The molecule has 82 valence electrons. The van der Waals surface area contributed by atoms with Crippen LogP contribution in [-0.2, 0) is 0 Å². The van der Waals surface area contributed by atoms with Crippen LogP contribution < -0.4 is 10.1 Å². The molecule has 0 aliphatic heterocycles. The van der Waals surface area contributed by atoms with Crippen LogP contribution in [0.25, 0.3) is 0 Å². The molecule has 0 saturated heterocycles. The number of hydrogen-bond acceptors (Lipinski definition) is 2. The van der Waals surface area contributed by atoms with E-state index in [0.29, 0.717) is 0 Å². The van der Waals surface area contributed by atoms with E-state index in [4.69, 9.17) is 4.74 Å². The molecule has 0 heterocycles. The average Bonchev–Trinajstić information content (AvgIpc) is 2.26. The van der Waals surface area contributed by atoms with Gasteiger partial charge in [0, 0.05) is 0 Å². The molecule has 1 atom stereocenters. The molecule has 1 aromatic rings. The third-order valence-corrected chi connectivity index (χ3v) is 2.29. The molecule has 1 rings (SSSR count). The maximum atomic E-state index is 5.13. The molecule has 0 fully saturated rings. The van der Waals surface area contributed by atoms with Crippen molar-refractivity contribution in [1.29, 1.82) is 0 Å². The minimum Gasteiger partial charge on any atom is -0.497 e. The van der Waals surface area contributed by atoms with Gasteiger partial charge in [0.25, 0.3) is 0 Å². The highest BCUT2D eigenvalue weighted by Gasteiger charge is 2.05. The van der Waals surface area contributed by atoms with Crippen molar-refractivity contribution in [3.63, 3.8) is 0 Å². The second-order valence-corrected chi connectivity index (χ2v) is 3.78. The molecule has 1 N–H and O–H groups in total. The highest BCUT2D eigenvalue weighted by atomic mass is 16.5. The van der Waals surface area contributed by atoms with E-state index in [9.17, 15) is 0 Å². The van der Waals surface area contributed by atoms with Crippen molar-refractivity contribution in [1.82, 2.24) is 5.32 Å². The summed E-state index contributed by atoms with van der Waals surface area (Å²) in [6, 6.07) is 8.41. The van der Waals surface area contributed by atoms with Gasteiger partial charge in [0.2, 0.25) is 0 Å². The van der Waals surface area contributed by atoms with Crippen LogP contribution in [0.2, 0.25) is 0 Å². The fourth-order valence-electron chi connectivity index (χ4n) is 1.49. The van der Waals surface area contributed by atoms with Crippen LogP contribution in [0.3, 0.4) is 0 Å². The zero-order valence-corrected chi connectivity index (χ0v) is 9.87. The van der Waals surface area contributed by atoms with Crippen LogP contribution in [0.4, 0.5) is 0 Å². The quantitative estimate of drug-likeness (QED) is 0.763. The lowest BCUT2D eigenvalue weighted by Gasteiger charge is -2.13. The smallest absolute Gasteiger partial charge is 0.118 e. The van der Waals surface area contributed by atoms with E-state index in [0.717, 1.165) is 5.75 Å².